The van der Waals surface area contributed by atoms with E-state index >= 15 is 0 Å². The molecule has 3 aliphatic heterocycles. The Morgan fingerprint density at radius 2 is 1.68 bits per heavy atom. The molecule has 3 aromatic rings. The van der Waals surface area contributed by atoms with Crippen molar-refractivity contribution in [1.29, 1.82) is 0 Å². The Morgan fingerprint density at radius 1 is 0.912 bits per heavy atom. The Morgan fingerprint density at radius 3 is 2.29 bits per heavy atom. The number of anilines is 2. The van der Waals surface area contributed by atoms with Crippen molar-refractivity contribution in [3.05, 3.63) is 48.7 Å². The fourth-order valence-electron chi connectivity index (χ4n) is 6.92. The molecule has 0 N–H and O–H groups in total. The Labute approximate surface area is 200 Å². The second-order valence-corrected chi connectivity index (χ2v) is 12.6. The van der Waals surface area contributed by atoms with Crippen LogP contribution in [0.1, 0.15) is 25.3 Å². The second-order valence-electron chi connectivity index (χ2n) is 10.6. The third kappa shape index (κ3) is 2.97. The molecule has 178 valence electrons. The van der Waals surface area contributed by atoms with Crippen molar-refractivity contribution in [2.75, 3.05) is 55.3 Å². The Bertz CT molecular complexity index is 1360. The van der Waals surface area contributed by atoms with Crippen molar-refractivity contribution in [3.8, 4) is 0 Å². The minimum absolute atomic E-state index is 0.371. The molecule has 1 saturated carbocycles. The number of rotatable bonds is 4. The van der Waals surface area contributed by atoms with Crippen molar-refractivity contribution >= 4 is 32.4 Å². The van der Waals surface area contributed by atoms with E-state index in [1.807, 2.05) is 12.1 Å². The average Bonchev–Trinajstić information content (AvgIpc) is 3.28. The molecule has 5 heterocycles. The number of fused-ring (bicyclic) bond motifs is 1. The summed E-state index contributed by atoms with van der Waals surface area (Å²) in [6, 6.07) is 14.4. The van der Waals surface area contributed by atoms with Gasteiger partial charge >= 0.3 is 0 Å². The fourth-order valence-corrected chi connectivity index (χ4v) is 7.55. The summed E-state index contributed by atoms with van der Waals surface area (Å²) in [5.41, 5.74) is 2.73. The van der Waals surface area contributed by atoms with Crippen LogP contribution in [-0.2, 0) is 9.84 Å². The molecule has 0 radical (unpaired) electrons. The van der Waals surface area contributed by atoms with E-state index < -0.39 is 9.84 Å². The van der Waals surface area contributed by atoms with Gasteiger partial charge in [-0.05, 0) is 67.6 Å². The van der Waals surface area contributed by atoms with E-state index in [9.17, 15) is 8.42 Å². The van der Waals surface area contributed by atoms with Crippen LogP contribution >= 0.6 is 0 Å². The predicted octanol–water partition coefficient (Wildman–Crippen LogP) is 3.18. The quantitative estimate of drug-likeness (QED) is 0.575. The summed E-state index contributed by atoms with van der Waals surface area (Å²) in [6.45, 7) is 6.03. The van der Waals surface area contributed by atoms with Gasteiger partial charge in [0.25, 0.3) is 0 Å². The van der Waals surface area contributed by atoms with E-state index in [1.165, 1.54) is 44.0 Å². The Kier molecular flexibility index (Phi) is 4.40. The maximum absolute atomic E-state index is 11.7. The lowest BCUT2D eigenvalue weighted by molar-refractivity contribution is -0.0689. The van der Waals surface area contributed by atoms with Crippen LogP contribution in [0.3, 0.4) is 0 Å². The number of sulfone groups is 1. The molecule has 8 heteroatoms. The molecule has 7 nitrogen and oxygen atoms in total. The standard InChI is InChI=1S/C26H31N5O2S/c1-34(32,33)21-5-3-20(4-6-21)28-14-16-29(17-15-28)24-7-2-19-9-12-31(25(19)27-24)23-18-30-13-11-26(30)10-8-22(23)26/h2-7,9,12,22-23H,8,10-11,13-18H2,1H3. The molecule has 0 amide bonds. The smallest absolute Gasteiger partial charge is 0.175 e. The molecule has 2 aromatic heterocycles. The summed E-state index contributed by atoms with van der Waals surface area (Å²) < 4.78 is 26.0. The zero-order valence-corrected chi connectivity index (χ0v) is 20.4. The van der Waals surface area contributed by atoms with Crippen LogP contribution in [0, 0.1) is 5.92 Å². The molecule has 4 aliphatic rings. The number of nitrogens with zero attached hydrogens (tertiary/aromatic N) is 5. The summed E-state index contributed by atoms with van der Waals surface area (Å²) in [6.07, 6.45) is 7.64. The average molecular weight is 478 g/mol. The molecule has 0 bridgehead atoms. The van der Waals surface area contributed by atoms with E-state index in [-0.39, 0.29) is 0 Å². The molecule has 1 aliphatic carbocycles. The highest BCUT2D eigenvalue weighted by Gasteiger charge is 2.63. The van der Waals surface area contributed by atoms with E-state index in [2.05, 4.69) is 43.7 Å². The van der Waals surface area contributed by atoms with Gasteiger partial charge in [-0.3, -0.25) is 4.90 Å². The van der Waals surface area contributed by atoms with Crippen molar-refractivity contribution in [2.24, 2.45) is 5.92 Å². The van der Waals surface area contributed by atoms with Gasteiger partial charge < -0.3 is 14.4 Å². The number of pyridine rings is 1. The first kappa shape index (κ1) is 20.8. The maximum atomic E-state index is 11.7. The van der Waals surface area contributed by atoms with E-state index in [0.29, 0.717) is 16.5 Å². The van der Waals surface area contributed by atoms with E-state index in [4.69, 9.17) is 4.98 Å². The number of piperazine rings is 1. The van der Waals surface area contributed by atoms with Crippen molar-refractivity contribution in [3.63, 3.8) is 0 Å². The first-order chi connectivity index (χ1) is 16.4. The minimum Gasteiger partial charge on any atom is -0.368 e. The molecular formula is C26H31N5O2S. The maximum Gasteiger partial charge on any atom is 0.175 e. The molecule has 4 fully saturated rings. The van der Waals surface area contributed by atoms with Gasteiger partial charge in [0.15, 0.2) is 9.84 Å². The topological polar surface area (TPSA) is 61.7 Å². The molecule has 1 spiro atoms. The third-order valence-electron chi connectivity index (χ3n) is 9.04. The van der Waals surface area contributed by atoms with Crippen molar-refractivity contribution < 1.29 is 8.42 Å². The highest BCUT2D eigenvalue weighted by molar-refractivity contribution is 7.90. The number of hydrogen-bond donors (Lipinski definition) is 0. The van der Waals surface area contributed by atoms with E-state index in [1.54, 1.807) is 12.1 Å². The molecular weight excluding hydrogens is 446 g/mol. The highest BCUT2D eigenvalue weighted by Crippen LogP contribution is 2.61. The lowest BCUT2D eigenvalue weighted by Crippen LogP contribution is -2.63. The van der Waals surface area contributed by atoms with Crippen LogP contribution in [0.2, 0.25) is 0 Å². The van der Waals surface area contributed by atoms with Gasteiger partial charge in [0.1, 0.15) is 11.5 Å². The normalized spacial score (nSPS) is 29.0. The fraction of sp³-hybridized carbons (Fsp3) is 0.500. The molecule has 7 rings (SSSR count). The monoisotopic (exact) mass is 477 g/mol. The van der Waals surface area contributed by atoms with Crippen LogP contribution in [0.4, 0.5) is 11.5 Å². The molecule has 3 unspecified atom stereocenters. The number of benzene rings is 1. The second kappa shape index (κ2) is 7.21. The van der Waals surface area contributed by atoms with Crippen LogP contribution in [0.5, 0.6) is 0 Å². The molecule has 3 saturated heterocycles. The highest BCUT2D eigenvalue weighted by atomic mass is 32.2. The van der Waals surface area contributed by atoms with Crippen LogP contribution in [-0.4, -0.2) is 73.9 Å². The summed E-state index contributed by atoms with van der Waals surface area (Å²) in [5.74, 6) is 1.85. The summed E-state index contributed by atoms with van der Waals surface area (Å²) >= 11 is 0. The van der Waals surface area contributed by atoms with Gasteiger partial charge in [-0.15, -0.1) is 0 Å². The van der Waals surface area contributed by atoms with Crippen LogP contribution in [0.15, 0.2) is 53.6 Å². The van der Waals surface area contributed by atoms with Gasteiger partial charge in [0.2, 0.25) is 0 Å². The molecule has 1 aromatic carbocycles. The van der Waals surface area contributed by atoms with Gasteiger partial charge in [-0.2, -0.15) is 0 Å². The predicted molar refractivity (Wildman–Crippen MR) is 134 cm³/mol. The first-order valence-electron chi connectivity index (χ1n) is 12.5. The zero-order chi connectivity index (χ0) is 23.1. The third-order valence-corrected chi connectivity index (χ3v) is 10.2. The largest absolute Gasteiger partial charge is 0.368 e. The van der Waals surface area contributed by atoms with Crippen LogP contribution < -0.4 is 9.80 Å². The summed E-state index contributed by atoms with van der Waals surface area (Å²) in [4.78, 5) is 13.0. The number of aromatic nitrogens is 2. The summed E-state index contributed by atoms with van der Waals surface area (Å²) in [7, 11) is -3.16. The van der Waals surface area contributed by atoms with Gasteiger partial charge in [0, 0.05) is 68.3 Å². The van der Waals surface area contributed by atoms with Crippen LogP contribution in [0.25, 0.3) is 11.0 Å². The SMILES string of the molecule is CS(=O)(=O)c1ccc(N2CCN(c3ccc4ccn(C5CN6CCC67CCC57)c4n3)CC2)cc1. The number of hydrogen-bond acceptors (Lipinski definition) is 6. The lowest BCUT2D eigenvalue weighted by atomic mass is 9.61. The zero-order valence-electron chi connectivity index (χ0n) is 19.6. The Hall–Kier alpha value is -2.58. The minimum atomic E-state index is -3.16. The summed E-state index contributed by atoms with van der Waals surface area (Å²) in [5, 5.41) is 1.23. The molecule has 34 heavy (non-hydrogen) atoms. The van der Waals surface area contributed by atoms with Gasteiger partial charge in [-0.1, -0.05) is 0 Å². The van der Waals surface area contributed by atoms with E-state index in [0.717, 1.165) is 49.2 Å². The first-order valence-corrected chi connectivity index (χ1v) is 14.3. The van der Waals surface area contributed by atoms with Crippen molar-refractivity contribution in [2.45, 2.75) is 35.7 Å². The molecule has 3 atom stereocenters. The Balaban J connectivity index is 1.09. The lowest BCUT2D eigenvalue weighted by Gasteiger charge is -2.58. The van der Waals surface area contributed by atoms with Crippen molar-refractivity contribution in [1.82, 2.24) is 14.5 Å². The van der Waals surface area contributed by atoms with Gasteiger partial charge in [-0.25, -0.2) is 13.4 Å². The van der Waals surface area contributed by atoms with Gasteiger partial charge in [0.05, 0.1) is 10.9 Å².